The quantitative estimate of drug-likeness (QED) is 0.923. The second kappa shape index (κ2) is 6.69. The van der Waals surface area contributed by atoms with Crippen molar-refractivity contribution >= 4 is 11.8 Å². The molecule has 116 valence electrons. The van der Waals surface area contributed by atoms with E-state index < -0.39 is 0 Å². The van der Waals surface area contributed by atoms with Gasteiger partial charge in [0, 0.05) is 35.8 Å². The zero-order valence-electron chi connectivity index (χ0n) is 12.9. The number of thioether (sulfide) groups is 1. The fourth-order valence-electron chi connectivity index (χ4n) is 3.16. The molecule has 0 radical (unpaired) electrons. The molecule has 2 heterocycles. The van der Waals surface area contributed by atoms with Crippen LogP contribution in [0.15, 0.2) is 29.2 Å². The smallest absolute Gasteiger partial charge is 0.0947 e. The Labute approximate surface area is 131 Å². The van der Waals surface area contributed by atoms with Gasteiger partial charge in [0.15, 0.2) is 0 Å². The van der Waals surface area contributed by atoms with Crippen LogP contribution in [0.25, 0.3) is 0 Å². The minimum Gasteiger partial charge on any atom is -0.378 e. The van der Waals surface area contributed by atoms with Crippen LogP contribution >= 0.6 is 11.8 Å². The van der Waals surface area contributed by atoms with Crippen molar-refractivity contribution < 1.29 is 9.47 Å². The van der Waals surface area contributed by atoms with Crippen molar-refractivity contribution in [1.29, 1.82) is 0 Å². The summed E-state index contributed by atoms with van der Waals surface area (Å²) in [5.41, 5.74) is 1.36. The molecular weight excluding hydrogens is 282 g/mol. The SMILES string of the molecule is CNC(C)c1cccc(SC2CCOC3(CCOC3)C2)c1. The van der Waals surface area contributed by atoms with Gasteiger partial charge in [-0.3, -0.25) is 0 Å². The van der Waals surface area contributed by atoms with Gasteiger partial charge in [-0.2, -0.15) is 0 Å². The molecule has 0 aliphatic carbocycles. The monoisotopic (exact) mass is 307 g/mol. The molecule has 2 saturated heterocycles. The van der Waals surface area contributed by atoms with E-state index in [1.54, 1.807) is 0 Å². The average molecular weight is 307 g/mol. The third kappa shape index (κ3) is 3.62. The molecule has 1 aromatic carbocycles. The number of ether oxygens (including phenoxy) is 2. The van der Waals surface area contributed by atoms with Crippen LogP contribution in [0.3, 0.4) is 0 Å². The number of hydrogen-bond donors (Lipinski definition) is 1. The Morgan fingerprint density at radius 3 is 3.05 bits per heavy atom. The van der Waals surface area contributed by atoms with Gasteiger partial charge in [-0.05, 0) is 44.5 Å². The van der Waals surface area contributed by atoms with Crippen LogP contribution in [0.2, 0.25) is 0 Å². The molecule has 0 amide bonds. The number of nitrogens with one attached hydrogen (secondary N) is 1. The summed E-state index contributed by atoms with van der Waals surface area (Å²) in [4.78, 5) is 1.37. The van der Waals surface area contributed by atoms with E-state index in [2.05, 4.69) is 36.5 Å². The largest absolute Gasteiger partial charge is 0.378 e. The molecule has 1 spiro atoms. The lowest BCUT2D eigenvalue weighted by Crippen LogP contribution is -2.41. The van der Waals surface area contributed by atoms with Gasteiger partial charge in [0.1, 0.15) is 0 Å². The summed E-state index contributed by atoms with van der Waals surface area (Å²) < 4.78 is 11.6. The summed E-state index contributed by atoms with van der Waals surface area (Å²) in [5, 5.41) is 3.95. The summed E-state index contributed by atoms with van der Waals surface area (Å²) in [6.45, 7) is 4.70. The normalized spacial score (nSPS) is 30.7. The number of hydrogen-bond acceptors (Lipinski definition) is 4. The Hall–Kier alpha value is -0.550. The van der Waals surface area contributed by atoms with E-state index >= 15 is 0 Å². The maximum atomic E-state index is 6.03. The van der Waals surface area contributed by atoms with Crippen molar-refractivity contribution in [3.05, 3.63) is 29.8 Å². The fourth-order valence-corrected chi connectivity index (χ4v) is 4.51. The summed E-state index contributed by atoms with van der Waals surface area (Å²) in [6, 6.07) is 9.30. The van der Waals surface area contributed by atoms with Gasteiger partial charge in [-0.25, -0.2) is 0 Å². The number of benzene rings is 1. The third-order valence-corrected chi connectivity index (χ3v) is 5.87. The van der Waals surface area contributed by atoms with E-state index in [0.29, 0.717) is 11.3 Å². The standard InChI is InChI=1S/C17H25NO2S/c1-13(18-2)14-4-3-5-15(10-14)21-16-6-8-20-17(11-16)7-9-19-12-17/h3-5,10,13,16,18H,6-9,11-12H2,1-2H3. The van der Waals surface area contributed by atoms with Gasteiger partial charge < -0.3 is 14.8 Å². The Bertz CT molecular complexity index is 474. The van der Waals surface area contributed by atoms with Gasteiger partial charge in [0.2, 0.25) is 0 Å². The minimum atomic E-state index is 0.00575. The first-order valence-corrected chi connectivity index (χ1v) is 8.74. The molecule has 21 heavy (non-hydrogen) atoms. The Morgan fingerprint density at radius 2 is 2.29 bits per heavy atom. The molecule has 3 atom stereocenters. The van der Waals surface area contributed by atoms with Crippen molar-refractivity contribution in [3.63, 3.8) is 0 Å². The highest BCUT2D eigenvalue weighted by Gasteiger charge is 2.41. The number of rotatable bonds is 4. The van der Waals surface area contributed by atoms with E-state index in [9.17, 15) is 0 Å². The van der Waals surface area contributed by atoms with Crippen LogP contribution in [0.5, 0.6) is 0 Å². The highest BCUT2D eigenvalue weighted by atomic mass is 32.2. The maximum absolute atomic E-state index is 6.03. The first kappa shape index (κ1) is 15.3. The molecule has 2 fully saturated rings. The van der Waals surface area contributed by atoms with Gasteiger partial charge in [0.05, 0.1) is 12.2 Å². The van der Waals surface area contributed by atoms with Crippen LogP contribution < -0.4 is 5.32 Å². The van der Waals surface area contributed by atoms with Crippen LogP contribution in [0, 0.1) is 0 Å². The molecule has 0 saturated carbocycles. The molecule has 3 nitrogen and oxygen atoms in total. The molecule has 1 aromatic rings. The maximum Gasteiger partial charge on any atom is 0.0947 e. The van der Waals surface area contributed by atoms with Crippen molar-refractivity contribution in [1.82, 2.24) is 5.32 Å². The fraction of sp³-hybridized carbons (Fsp3) is 0.647. The Balaban J connectivity index is 1.66. The zero-order chi connectivity index (χ0) is 14.7. The van der Waals surface area contributed by atoms with Crippen molar-refractivity contribution in [2.75, 3.05) is 26.9 Å². The van der Waals surface area contributed by atoms with E-state index in [1.807, 2.05) is 18.8 Å². The van der Waals surface area contributed by atoms with Crippen molar-refractivity contribution in [2.45, 2.75) is 48.0 Å². The summed E-state index contributed by atoms with van der Waals surface area (Å²) in [5.74, 6) is 0. The molecular formula is C17H25NO2S. The first-order valence-electron chi connectivity index (χ1n) is 7.86. The van der Waals surface area contributed by atoms with E-state index in [-0.39, 0.29) is 5.60 Å². The Kier molecular flexibility index (Phi) is 4.89. The molecule has 0 bridgehead atoms. The molecule has 4 heteroatoms. The second-order valence-electron chi connectivity index (χ2n) is 6.15. The summed E-state index contributed by atoms with van der Waals surface area (Å²) in [7, 11) is 2.01. The lowest BCUT2D eigenvalue weighted by molar-refractivity contribution is -0.0769. The first-order chi connectivity index (χ1) is 10.2. The summed E-state index contributed by atoms with van der Waals surface area (Å²) in [6.07, 6.45) is 3.31. The molecule has 3 rings (SSSR count). The van der Waals surface area contributed by atoms with Crippen LogP contribution in [0.4, 0.5) is 0 Å². The van der Waals surface area contributed by atoms with Gasteiger partial charge in [0.25, 0.3) is 0 Å². The molecule has 1 N–H and O–H groups in total. The zero-order valence-corrected chi connectivity index (χ0v) is 13.7. The molecule has 2 aliphatic heterocycles. The predicted molar refractivity (Wildman–Crippen MR) is 86.9 cm³/mol. The van der Waals surface area contributed by atoms with Crippen LogP contribution in [0.1, 0.15) is 37.8 Å². The van der Waals surface area contributed by atoms with Crippen molar-refractivity contribution in [2.24, 2.45) is 0 Å². The van der Waals surface area contributed by atoms with Gasteiger partial charge in [-0.1, -0.05) is 12.1 Å². The van der Waals surface area contributed by atoms with Gasteiger partial charge >= 0.3 is 0 Å². The van der Waals surface area contributed by atoms with E-state index in [1.165, 1.54) is 10.5 Å². The molecule has 3 unspecified atom stereocenters. The van der Waals surface area contributed by atoms with E-state index in [4.69, 9.17) is 9.47 Å². The van der Waals surface area contributed by atoms with E-state index in [0.717, 1.165) is 39.1 Å². The second-order valence-corrected chi connectivity index (χ2v) is 7.52. The topological polar surface area (TPSA) is 30.5 Å². The highest BCUT2D eigenvalue weighted by molar-refractivity contribution is 8.00. The van der Waals surface area contributed by atoms with Crippen molar-refractivity contribution in [3.8, 4) is 0 Å². The minimum absolute atomic E-state index is 0.00575. The highest BCUT2D eigenvalue weighted by Crippen LogP contribution is 2.40. The Morgan fingerprint density at radius 1 is 1.38 bits per heavy atom. The lowest BCUT2D eigenvalue weighted by Gasteiger charge is -2.36. The predicted octanol–water partition coefficient (Wildman–Crippen LogP) is 3.40. The molecule has 0 aromatic heterocycles. The van der Waals surface area contributed by atoms with Crippen LogP contribution in [-0.4, -0.2) is 37.7 Å². The average Bonchev–Trinajstić information content (AvgIpc) is 2.94. The van der Waals surface area contributed by atoms with Crippen LogP contribution in [-0.2, 0) is 9.47 Å². The lowest BCUT2D eigenvalue weighted by atomic mass is 9.93. The van der Waals surface area contributed by atoms with Gasteiger partial charge in [-0.15, -0.1) is 11.8 Å². The molecule has 2 aliphatic rings. The third-order valence-electron chi connectivity index (χ3n) is 4.61. The summed E-state index contributed by atoms with van der Waals surface area (Å²) >= 11 is 2.00.